The lowest BCUT2D eigenvalue weighted by molar-refractivity contribution is -0.113. The molecule has 0 saturated carbocycles. The molecule has 1 fully saturated rings. The van der Waals surface area contributed by atoms with Crippen LogP contribution in [0.25, 0.3) is 6.08 Å². The van der Waals surface area contributed by atoms with Crippen molar-refractivity contribution < 1.29 is 4.79 Å². The van der Waals surface area contributed by atoms with Crippen LogP contribution in [0.2, 0.25) is 0 Å². The summed E-state index contributed by atoms with van der Waals surface area (Å²) >= 11 is 6.81. The number of benzene rings is 2. The van der Waals surface area contributed by atoms with Crippen molar-refractivity contribution in [3.63, 3.8) is 0 Å². The van der Waals surface area contributed by atoms with Gasteiger partial charge in [-0.1, -0.05) is 87.2 Å². The number of amides is 1. The quantitative estimate of drug-likeness (QED) is 0.502. The number of hydrogen-bond acceptors (Lipinski definition) is 3. The molecule has 0 N–H and O–H groups in total. The van der Waals surface area contributed by atoms with Crippen LogP contribution in [-0.2, 0) is 10.2 Å². The summed E-state index contributed by atoms with van der Waals surface area (Å²) in [6.45, 7) is 8.56. The van der Waals surface area contributed by atoms with E-state index in [0.29, 0.717) is 9.23 Å². The van der Waals surface area contributed by atoms with Gasteiger partial charge in [-0.15, -0.1) is 0 Å². The molecular formula is C21H21NOS2. The van der Waals surface area contributed by atoms with E-state index in [1.54, 1.807) is 4.90 Å². The normalized spacial score (nSPS) is 16.8. The number of carbonyl (C=O) groups excluding carboxylic acids is 1. The van der Waals surface area contributed by atoms with Crippen LogP contribution in [0, 0.1) is 6.92 Å². The summed E-state index contributed by atoms with van der Waals surface area (Å²) in [5, 5.41) is 0. The van der Waals surface area contributed by atoms with Crippen LogP contribution in [0.15, 0.2) is 53.4 Å². The first-order chi connectivity index (χ1) is 11.8. The molecule has 128 valence electrons. The molecule has 3 rings (SSSR count). The van der Waals surface area contributed by atoms with Gasteiger partial charge >= 0.3 is 0 Å². The fourth-order valence-corrected chi connectivity index (χ4v) is 4.01. The first-order valence-electron chi connectivity index (χ1n) is 8.21. The molecule has 1 aliphatic rings. The maximum absolute atomic E-state index is 12.8. The van der Waals surface area contributed by atoms with Crippen molar-refractivity contribution in [3.8, 4) is 0 Å². The predicted octanol–water partition coefficient (Wildman–Crippen LogP) is 5.70. The molecule has 0 aromatic heterocycles. The second-order valence-electron chi connectivity index (χ2n) is 7.18. The Bertz CT molecular complexity index is 860. The van der Waals surface area contributed by atoms with Crippen molar-refractivity contribution in [2.24, 2.45) is 0 Å². The van der Waals surface area contributed by atoms with Crippen molar-refractivity contribution >= 4 is 46.0 Å². The third-order valence-corrected chi connectivity index (χ3v) is 5.53. The van der Waals surface area contributed by atoms with Crippen LogP contribution in [0.1, 0.15) is 37.5 Å². The number of para-hydroxylation sites is 1. The standard InChI is InChI=1S/C21H21NOS2/c1-14-7-5-6-8-17(14)22-19(23)18(25-20(22)24)13-15-9-11-16(12-10-15)21(2,3)4/h5-13H,1-4H3/b18-13-. The molecule has 1 saturated heterocycles. The lowest BCUT2D eigenvalue weighted by Crippen LogP contribution is -2.28. The number of nitrogens with zero attached hydrogens (tertiary/aromatic N) is 1. The van der Waals surface area contributed by atoms with Gasteiger partial charge in [-0.3, -0.25) is 9.69 Å². The molecule has 1 amide bonds. The van der Waals surface area contributed by atoms with Crippen LogP contribution in [0.4, 0.5) is 5.69 Å². The molecule has 0 unspecified atom stereocenters. The highest BCUT2D eigenvalue weighted by Crippen LogP contribution is 2.37. The van der Waals surface area contributed by atoms with Crippen LogP contribution in [0.3, 0.4) is 0 Å². The largest absolute Gasteiger partial charge is 0.270 e. The van der Waals surface area contributed by atoms with Crippen LogP contribution < -0.4 is 4.90 Å². The van der Waals surface area contributed by atoms with Gasteiger partial charge in [0.1, 0.15) is 0 Å². The van der Waals surface area contributed by atoms with Gasteiger partial charge in [-0.2, -0.15) is 0 Å². The lowest BCUT2D eigenvalue weighted by atomic mass is 9.87. The number of hydrogen-bond donors (Lipinski definition) is 0. The summed E-state index contributed by atoms with van der Waals surface area (Å²) in [5.41, 5.74) is 4.30. The van der Waals surface area contributed by atoms with E-state index >= 15 is 0 Å². The third kappa shape index (κ3) is 3.70. The zero-order chi connectivity index (χ0) is 18.2. The van der Waals surface area contributed by atoms with Crippen molar-refractivity contribution in [3.05, 3.63) is 70.1 Å². The predicted molar refractivity (Wildman–Crippen MR) is 112 cm³/mol. The molecule has 4 heteroatoms. The topological polar surface area (TPSA) is 20.3 Å². The smallest absolute Gasteiger partial charge is 0.268 e. The highest BCUT2D eigenvalue weighted by molar-refractivity contribution is 8.27. The van der Waals surface area contributed by atoms with Crippen LogP contribution in [-0.4, -0.2) is 10.2 Å². The minimum absolute atomic E-state index is 0.0517. The summed E-state index contributed by atoms with van der Waals surface area (Å²) in [4.78, 5) is 15.1. The lowest BCUT2D eigenvalue weighted by Gasteiger charge is -2.18. The molecule has 0 bridgehead atoms. The minimum Gasteiger partial charge on any atom is -0.268 e. The molecule has 0 radical (unpaired) electrons. The SMILES string of the molecule is Cc1ccccc1N1C(=O)/C(=C/c2ccc(C(C)(C)C)cc2)SC1=S. The monoisotopic (exact) mass is 367 g/mol. The Balaban J connectivity index is 1.89. The molecule has 0 spiro atoms. The van der Waals surface area contributed by atoms with E-state index in [4.69, 9.17) is 12.2 Å². The van der Waals surface area contributed by atoms with Gasteiger partial charge in [0.2, 0.25) is 0 Å². The summed E-state index contributed by atoms with van der Waals surface area (Å²) in [6, 6.07) is 16.2. The Morgan fingerprint density at radius 1 is 1.04 bits per heavy atom. The van der Waals surface area contributed by atoms with E-state index in [0.717, 1.165) is 16.8 Å². The second kappa shape index (κ2) is 6.77. The minimum atomic E-state index is -0.0517. The number of rotatable bonds is 2. The molecule has 2 nitrogen and oxygen atoms in total. The fraction of sp³-hybridized carbons (Fsp3) is 0.238. The van der Waals surface area contributed by atoms with Gasteiger partial charge in [0.25, 0.3) is 5.91 Å². The second-order valence-corrected chi connectivity index (χ2v) is 8.85. The Kier molecular flexibility index (Phi) is 4.85. The average molecular weight is 368 g/mol. The molecule has 25 heavy (non-hydrogen) atoms. The van der Waals surface area contributed by atoms with E-state index in [1.165, 1.54) is 17.3 Å². The molecule has 0 atom stereocenters. The highest BCUT2D eigenvalue weighted by atomic mass is 32.2. The number of thiocarbonyl (C=S) groups is 1. The Morgan fingerprint density at radius 3 is 2.28 bits per heavy atom. The van der Waals surface area contributed by atoms with E-state index in [1.807, 2.05) is 37.3 Å². The maximum Gasteiger partial charge on any atom is 0.270 e. The Morgan fingerprint density at radius 2 is 1.68 bits per heavy atom. The first-order valence-corrected chi connectivity index (χ1v) is 9.44. The van der Waals surface area contributed by atoms with Crippen molar-refractivity contribution in [1.82, 2.24) is 0 Å². The Labute approximate surface area is 158 Å². The summed E-state index contributed by atoms with van der Waals surface area (Å²) in [5.74, 6) is -0.0517. The highest BCUT2D eigenvalue weighted by Gasteiger charge is 2.33. The molecule has 2 aromatic carbocycles. The number of carbonyl (C=O) groups is 1. The van der Waals surface area contributed by atoms with Gasteiger partial charge in [0, 0.05) is 0 Å². The van der Waals surface area contributed by atoms with Gasteiger partial charge < -0.3 is 0 Å². The molecule has 1 heterocycles. The zero-order valence-electron chi connectivity index (χ0n) is 14.9. The molecule has 2 aromatic rings. The first kappa shape index (κ1) is 17.9. The summed E-state index contributed by atoms with van der Waals surface area (Å²) in [7, 11) is 0. The number of aryl methyl sites for hydroxylation is 1. The summed E-state index contributed by atoms with van der Waals surface area (Å²) in [6.07, 6.45) is 1.92. The van der Waals surface area contributed by atoms with E-state index < -0.39 is 0 Å². The van der Waals surface area contributed by atoms with E-state index in [-0.39, 0.29) is 11.3 Å². The van der Waals surface area contributed by atoms with Crippen LogP contribution in [0.5, 0.6) is 0 Å². The van der Waals surface area contributed by atoms with E-state index in [9.17, 15) is 4.79 Å². The fourth-order valence-electron chi connectivity index (χ4n) is 2.72. The van der Waals surface area contributed by atoms with Crippen LogP contribution >= 0.6 is 24.0 Å². The third-order valence-electron chi connectivity index (χ3n) is 4.22. The number of thioether (sulfide) groups is 1. The van der Waals surface area contributed by atoms with Gasteiger partial charge in [-0.25, -0.2) is 0 Å². The molecule has 0 aliphatic carbocycles. The maximum atomic E-state index is 12.8. The molecular weight excluding hydrogens is 346 g/mol. The number of anilines is 1. The average Bonchev–Trinajstić information content (AvgIpc) is 2.82. The van der Waals surface area contributed by atoms with Crippen molar-refractivity contribution in [2.45, 2.75) is 33.1 Å². The van der Waals surface area contributed by atoms with E-state index in [2.05, 4.69) is 45.0 Å². The van der Waals surface area contributed by atoms with Crippen molar-refractivity contribution in [2.75, 3.05) is 4.90 Å². The Hall–Kier alpha value is -1.91. The van der Waals surface area contributed by atoms with Gasteiger partial charge in [0.15, 0.2) is 4.32 Å². The van der Waals surface area contributed by atoms with Gasteiger partial charge in [0.05, 0.1) is 10.6 Å². The van der Waals surface area contributed by atoms with Gasteiger partial charge in [-0.05, 0) is 41.2 Å². The van der Waals surface area contributed by atoms with Crippen molar-refractivity contribution in [1.29, 1.82) is 0 Å². The summed E-state index contributed by atoms with van der Waals surface area (Å²) < 4.78 is 0.580. The zero-order valence-corrected chi connectivity index (χ0v) is 16.5. The molecule has 1 aliphatic heterocycles.